The molecule has 1 saturated heterocycles. The summed E-state index contributed by atoms with van der Waals surface area (Å²) in [5, 5.41) is 12.9. The van der Waals surface area contributed by atoms with Gasteiger partial charge in [0.25, 0.3) is 0 Å². The van der Waals surface area contributed by atoms with Crippen molar-refractivity contribution < 1.29 is 14.7 Å². The standard InChI is InChI=1S/C14H26N2O3/c1-9(2)13(11(5)17)15-12(18)6-16-7-14(19,8-16)10(3)4/h9-10,13,19H,6-8H2,1-5H3,(H,15,18). The summed E-state index contributed by atoms with van der Waals surface area (Å²) in [5.41, 5.74) is -0.668. The van der Waals surface area contributed by atoms with Gasteiger partial charge in [0, 0.05) is 13.1 Å². The minimum Gasteiger partial charge on any atom is -0.387 e. The van der Waals surface area contributed by atoms with Crippen molar-refractivity contribution in [2.24, 2.45) is 11.8 Å². The van der Waals surface area contributed by atoms with Gasteiger partial charge in [0.15, 0.2) is 5.78 Å². The topological polar surface area (TPSA) is 69.6 Å². The van der Waals surface area contributed by atoms with Gasteiger partial charge >= 0.3 is 0 Å². The molecule has 1 unspecified atom stereocenters. The van der Waals surface area contributed by atoms with Crippen LogP contribution in [-0.2, 0) is 9.59 Å². The fourth-order valence-electron chi connectivity index (χ4n) is 2.36. The highest BCUT2D eigenvalue weighted by Gasteiger charge is 2.44. The molecule has 5 nitrogen and oxygen atoms in total. The zero-order valence-corrected chi connectivity index (χ0v) is 12.6. The summed E-state index contributed by atoms with van der Waals surface area (Å²) in [4.78, 5) is 25.2. The molecule has 1 aliphatic rings. The molecule has 19 heavy (non-hydrogen) atoms. The van der Waals surface area contributed by atoms with Crippen LogP contribution in [0.3, 0.4) is 0 Å². The molecule has 0 spiro atoms. The van der Waals surface area contributed by atoms with E-state index in [0.717, 1.165) is 0 Å². The number of carbonyl (C=O) groups excluding carboxylic acids is 2. The Balaban J connectivity index is 2.40. The number of aliphatic hydroxyl groups is 1. The SMILES string of the molecule is CC(=O)C(NC(=O)CN1CC(O)(C(C)C)C1)C(C)C. The maximum atomic E-state index is 11.9. The average Bonchev–Trinajstić information content (AvgIpc) is 2.22. The molecule has 0 aromatic heterocycles. The first-order valence-electron chi connectivity index (χ1n) is 6.90. The second kappa shape index (κ2) is 6.01. The quantitative estimate of drug-likeness (QED) is 0.734. The molecule has 1 atom stereocenters. The minimum atomic E-state index is -0.668. The second-order valence-electron chi connectivity index (χ2n) is 6.30. The van der Waals surface area contributed by atoms with Crippen molar-refractivity contribution in [1.82, 2.24) is 10.2 Å². The number of hydrogen-bond donors (Lipinski definition) is 2. The molecule has 1 rings (SSSR count). The number of amides is 1. The van der Waals surface area contributed by atoms with Crippen LogP contribution in [-0.4, -0.2) is 53.0 Å². The summed E-state index contributed by atoms with van der Waals surface area (Å²) in [5.74, 6) is 0.100. The number of hydrogen-bond acceptors (Lipinski definition) is 4. The molecule has 2 N–H and O–H groups in total. The number of rotatable bonds is 6. The lowest BCUT2D eigenvalue weighted by atomic mass is 9.83. The fourth-order valence-corrected chi connectivity index (χ4v) is 2.36. The van der Waals surface area contributed by atoms with Crippen LogP contribution in [0.4, 0.5) is 0 Å². The van der Waals surface area contributed by atoms with Gasteiger partial charge in [0.1, 0.15) is 0 Å². The monoisotopic (exact) mass is 270 g/mol. The molecule has 0 aromatic carbocycles. The van der Waals surface area contributed by atoms with E-state index in [4.69, 9.17) is 0 Å². The molecular formula is C14H26N2O3. The molecule has 0 aromatic rings. The third-order valence-corrected chi connectivity index (χ3v) is 3.86. The van der Waals surface area contributed by atoms with Gasteiger partial charge in [-0.15, -0.1) is 0 Å². The van der Waals surface area contributed by atoms with Gasteiger partial charge in [-0.2, -0.15) is 0 Å². The van der Waals surface area contributed by atoms with Crippen LogP contribution in [0.5, 0.6) is 0 Å². The van der Waals surface area contributed by atoms with E-state index in [1.54, 1.807) is 0 Å². The number of likely N-dealkylation sites (tertiary alicyclic amines) is 1. The Hall–Kier alpha value is -0.940. The summed E-state index contributed by atoms with van der Waals surface area (Å²) in [7, 11) is 0. The van der Waals surface area contributed by atoms with E-state index in [-0.39, 0.29) is 30.1 Å². The van der Waals surface area contributed by atoms with Crippen LogP contribution in [0.25, 0.3) is 0 Å². The minimum absolute atomic E-state index is 0.0226. The van der Waals surface area contributed by atoms with Gasteiger partial charge < -0.3 is 10.4 Å². The van der Waals surface area contributed by atoms with Crippen LogP contribution < -0.4 is 5.32 Å². The van der Waals surface area contributed by atoms with Crippen LogP contribution in [0.2, 0.25) is 0 Å². The molecule has 1 amide bonds. The molecule has 1 aliphatic heterocycles. The van der Waals surface area contributed by atoms with Crippen LogP contribution in [0, 0.1) is 11.8 Å². The zero-order valence-electron chi connectivity index (χ0n) is 12.6. The Morgan fingerprint density at radius 3 is 2.16 bits per heavy atom. The number of carbonyl (C=O) groups is 2. The number of ketones is 1. The van der Waals surface area contributed by atoms with Crippen LogP contribution >= 0.6 is 0 Å². The number of β-amino-alcohol motifs (C(OH)–C–C–N with tert-alkyl or cyclic N) is 1. The van der Waals surface area contributed by atoms with Gasteiger partial charge in [-0.25, -0.2) is 0 Å². The Morgan fingerprint density at radius 1 is 1.26 bits per heavy atom. The van der Waals surface area contributed by atoms with Crippen LogP contribution in [0.15, 0.2) is 0 Å². The lowest BCUT2D eigenvalue weighted by molar-refractivity contribution is -0.144. The molecule has 0 saturated carbocycles. The van der Waals surface area contributed by atoms with E-state index in [1.807, 2.05) is 32.6 Å². The third-order valence-electron chi connectivity index (χ3n) is 3.86. The number of nitrogens with one attached hydrogen (secondary N) is 1. The second-order valence-corrected chi connectivity index (χ2v) is 6.30. The molecule has 1 fully saturated rings. The lowest BCUT2D eigenvalue weighted by Crippen LogP contribution is -2.66. The first kappa shape index (κ1) is 16.1. The predicted molar refractivity (Wildman–Crippen MR) is 73.7 cm³/mol. The summed E-state index contributed by atoms with van der Waals surface area (Å²) >= 11 is 0. The highest BCUT2D eigenvalue weighted by Crippen LogP contribution is 2.27. The van der Waals surface area contributed by atoms with Gasteiger partial charge in [0.2, 0.25) is 5.91 Å². The summed E-state index contributed by atoms with van der Waals surface area (Å²) in [6.07, 6.45) is 0. The summed E-state index contributed by atoms with van der Waals surface area (Å²) in [6, 6.07) is -0.419. The number of nitrogens with zero attached hydrogens (tertiary/aromatic N) is 1. The molecule has 1 heterocycles. The largest absolute Gasteiger partial charge is 0.387 e. The highest BCUT2D eigenvalue weighted by molar-refractivity contribution is 5.88. The summed E-state index contributed by atoms with van der Waals surface area (Å²) < 4.78 is 0. The first-order chi connectivity index (χ1) is 8.65. The van der Waals surface area contributed by atoms with E-state index in [0.29, 0.717) is 13.1 Å². The van der Waals surface area contributed by atoms with Gasteiger partial charge in [-0.1, -0.05) is 27.7 Å². The van der Waals surface area contributed by atoms with Gasteiger partial charge in [-0.05, 0) is 18.8 Å². The third kappa shape index (κ3) is 4.01. The van der Waals surface area contributed by atoms with Crippen molar-refractivity contribution in [2.75, 3.05) is 19.6 Å². The Kier molecular flexibility index (Phi) is 5.10. The van der Waals surface area contributed by atoms with E-state index in [2.05, 4.69) is 5.32 Å². The smallest absolute Gasteiger partial charge is 0.234 e. The van der Waals surface area contributed by atoms with Crippen LogP contribution in [0.1, 0.15) is 34.6 Å². The average molecular weight is 270 g/mol. The molecular weight excluding hydrogens is 244 g/mol. The van der Waals surface area contributed by atoms with E-state index >= 15 is 0 Å². The predicted octanol–water partition coefficient (Wildman–Crippen LogP) is 0.419. The zero-order chi connectivity index (χ0) is 14.8. The molecule has 0 aliphatic carbocycles. The van der Waals surface area contributed by atoms with Crippen molar-refractivity contribution in [3.63, 3.8) is 0 Å². The molecule has 0 radical (unpaired) electrons. The highest BCUT2D eigenvalue weighted by atomic mass is 16.3. The van der Waals surface area contributed by atoms with Crippen molar-refractivity contribution in [1.29, 1.82) is 0 Å². The van der Waals surface area contributed by atoms with Crippen molar-refractivity contribution in [3.8, 4) is 0 Å². The first-order valence-corrected chi connectivity index (χ1v) is 6.90. The normalized spacial score (nSPS) is 20.2. The van der Waals surface area contributed by atoms with E-state index in [9.17, 15) is 14.7 Å². The maximum absolute atomic E-state index is 11.9. The lowest BCUT2D eigenvalue weighted by Gasteiger charge is -2.48. The van der Waals surface area contributed by atoms with Crippen molar-refractivity contribution in [3.05, 3.63) is 0 Å². The van der Waals surface area contributed by atoms with E-state index in [1.165, 1.54) is 6.92 Å². The summed E-state index contributed by atoms with van der Waals surface area (Å²) in [6.45, 7) is 10.5. The fraction of sp³-hybridized carbons (Fsp3) is 0.857. The van der Waals surface area contributed by atoms with Crippen molar-refractivity contribution >= 4 is 11.7 Å². The Bertz CT molecular complexity index is 347. The van der Waals surface area contributed by atoms with Crippen molar-refractivity contribution in [2.45, 2.75) is 46.3 Å². The number of Topliss-reactive ketones (excluding diaryl/α,β-unsaturated/α-hetero) is 1. The Morgan fingerprint density at radius 2 is 1.79 bits per heavy atom. The maximum Gasteiger partial charge on any atom is 0.234 e. The Labute approximate surface area is 115 Å². The molecule has 110 valence electrons. The van der Waals surface area contributed by atoms with Gasteiger partial charge in [-0.3, -0.25) is 14.5 Å². The van der Waals surface area contributed by atoms with E-state index < -0.39 is 11.6 Å². The molecule has 5 heteroatoms. The van der Waals surface area contributed by atoms with Gasteiger partial charge in [0.05, 0.1) is 18.2 Å². The molecule has 0 bridgehead atoms.